The van der Waals surface area contributed by atoms with Crippen molar-refractivity contribution in [1.82, 2.24) is 10.2 Å². The molecule has 0 atom stereocenters. The maximum absolute atomic E-state index is 13.5. The standard InChI is InChI=1S/C17H23FN2O2/c1-3-19-15(21)12-20(4-2)16(22)17(9-6-10-17)13-7-5-8-14(18)11-13/h5,7-8,11H,3-4,6,9-10,12H2,1-2H3,(H,19,21). The Hall–Kier alpha value is -1.91. The smallest absolute Gasteiger partial charge is 0.239 e. The predicted molar refractivity (Wildman–Crippen MR) is 82.9 cm³/mol. The van der Waals surface area contributed by atoms with Crippen LogP contribution in [0.4, 0.5) is 4.39 Å². The van der Waals surface area contributed by atoms with E-state index in [1.54, 1.807) is 17.0 Å². The zero-order chi connectivity index (χ0) is 16.2. The summed E-state index contributed by atoms with van der Waals surface area (Å²) in [7, 11) is 0. The van der Waals surface area contributed by atoms with Gasteiger partial charge in [0.2, 0.25) is 11.8 Å². The molecule has 0 radical (unpaired) electrons. The highest BCUT2D eigenvalue weighted by Crippen LogP contribution is 2.45. The van der Waals surface area contributed by atoms with E-state index in [0.29, 0.717) is 25.9 Å². The van der Waals surface area contributed by atoms with Gasteiger partial charge in [-0.25, -0.2) is 4.39 Å². The average Bonchev–Trinajstić information content (AvgIpc) is 2.44. The van der Waals surface area contributed by atoms with Crippen molar-refractivity contribution in [3.8, 4) is 0 Å². The second-order valence-corrected chi connectivity index (χ2v) is 5.72. The van der Waals surface area contributed by atoms with E-state index in [2.05, 4.69) is 5.32 Å². The number of halogens is 1. The van der Waals surface area contributed by atoms with Gasteiger partial charge < -0.3 is 10.2 Å². The van der Waals surface area contributed by atoms with Crippen LogP contribution in [0.25, 0.3) is 0 Å². The molecule has 1 saturated carbocycles. The van der Waals surface area contributed by atoms with Crippen molar-refractivity contribution in [1.29, 1.82) is 0 Å². The minimum absolute atomic E-state index is 0.0558. The van der Waals surface area contributed by atoms with Gasteiger partial charge in [-0.15, -0.1) is 0 Å². The monoisotopic (exact) mass is 306 g/mol. The van der Waals surface area contributed by atoms with Gasteiger partial charge in [-0.2, -0.15) is 0 Å². The van der Waals surface area contributed by atoms with Crippen LogP contribution >= 0.6 is 0 Å². The summed E-state index contributed by atoms with van der Waals surface area (Å²) < 4.78 is 13.5. The lowest BCUT2D eigenvalue weighted by Gasteiger charge is -2.43. The molecule has 1 N–H and O–H groups in total. The molecule has 0 bridgehead atoms. The highest BCUT2D eigenvalue weighted by Gasteiger charge is 2.47. The molecule has 1 aromatic rings. The van der Waals surface area contributed by atoms with Crippen LogP contribution in [0.2, 0.25) is 0 Å². The molecule has 1 aliphatic rings. The molecule has 1 aliphatic carbocycles. The Morgan fingerprint density at radius 2 is 2.05 bits per heavy atom. The molecule has 2 rings (SSSR count). The number of benzene rings is 1. The SMILES string of the molecule is CCNC(=O)CN(CC)C(=O)C1(c2cccc(F)c2)CCC1. The Morgan fingerprint density at radius 3 is 2.55 bits per heavy atom. The summed E-state index contributed by atoms with van der Waals surface area (Å²) in [6.07, 6.45) is 2.36. The minimum Gasteiger partial charge on any atom is -0.355 e. The van der Waals surface area contributed by atoms with Crippen molar-refractivity contribution in [2.24, 2.45) is 0 Å². The zero-order valence-electron chi connectivity index (χ0n) is 13.2. The third-order valence-corrected chi connectivity index (χ3v) is 4.37. The summed E-state index contributed by atoms with van der Waals surface area (Å²) in [5, 5.41) is 2.71. The van der Waals surface area contributed by atoms with E-state index in [1.165, 1.54) is 12.1 Å². The number of rotatable bonds is 6. The molecule has 0 unspecified atom stereocenters. The second-order valence-electron chi connectivity index (χ2n) is 5.72. The molecule has 0 aliphatic heterocycles. The van der Waals surface area contributed by atoms with Crippen molar-refractivity contribution < 1.29 is 14.0 Å². The summed E-state index contributed by atoms with van der Waals surface area (Å²) in [6, 6.07) is 6.27. The maximum Gasteiger partial charge on any atom is 0.239 e. The van der Waals surface area contributed by atoms with Crippen molar-refractivity contribution in [2.75, 3.05) is 19.6 Å². The first-order chi connectivity index (χ1) is 10.5. The Kier molecular flexibility index (Phi) is 5.16. The fraction of sp³-hybridized carbons (Fsp3) is 0.529. The van der Waals surface area contributed by atoms with Gasteiger partial charge in [-0.1, -0.05) is 18.6 Å². The van der Waals surface area contributed by atoms with Crippen LogP contribution in [0.5, 0.6) is 0 Å². The summed E-state index contributed by atoms with van der Waals surface area (Å²) in [4.78, 5) is 26.3. The first kappa shape index (κ1) is 16.5. The molecule has 1 aromatic carbocycles. The third-order valence-electron chi connectivity index (χ3n) is 4.37. The molecule has 120 valence electrons. The van der Waals surface area contributed by atoms with Gasteiger partial charge in [0.25, 0.3) is 0 Å². The van der Waals surface area contributed by atoms with Crippen LogP contribution in [0.15, 0.2) is 24.3 Å². The van der Waals surface area contributed by atoms with E-state index in [0.717, 1.165) is 12.0 Å². The molecule has 22 heavy (non-hydrogen) atoms. The highest BCUT2D eigenvalue weighted by atomic mass is 19.1. The Labute approximate surface area is 130 Å². The zero-order valence-corrected chi connectivity index (χ0v) is 13.2. The maximum atomic E-state index is 13.5. The van der Waals surface area contributed by atoms with Gasteiger partial charge in [-0.3, -0.25) is 9.59 Å². The molecule has 0 heterocycles. The number of nitrogens with one attached hydrogen (secondary N) is 1. The molecule has 0 spiro atoms. The van der Waals surface area contributed by atoms with E-state index in [1.807, 2.05) is 13.8 Å². The van der Waals surface area contributed by atoms with Crippen molar-refractivity contribution in [3.63, 3.8) is 0 Å². The van der Waals surface area contributed by atoms with Crippen molar-refractivity contribution in [2.45, 2.75) is 38.5 Å². The largest absolute Gasteiger partial charge is 0.355 e. The Bertz CT molecular complexity index is 555. The minimum atomic E-state index is -0.662. The van der Waals surface area contributed by atoms with Crippen LogP contribution in [-0.2, 0) is 15.0 Å². The van der Waals surface area contributed by atoms with Crippen LogP contribution in [0, 0.1) is 5.82 Å². The fourth-order valence-corrected chi connectivity index (χ4v) is 3.00. The van der Waals surface area contributed by atoms with Gasteiger partial charge in [0.1, 0.15) is 5.82 Å². The van der Waals surface area contributed by atoms with Crippen LogP contribution in [0.3, 0.4) is 0 Å². The van der Waals surface area contributed by atoms with Crippen molar-refractivity contribution >= 4 is 11.8 Å². The summed E-state index contributed by atoms with van der Waals surface area (Å²) in [5.74, 6) is -0.562. The van der Waals surface area contributed by atoms with Crippen molar-refractivity contribution in [3.05, 3.63) is 35.6 Å². The first-order valence-corrected chi connectivity index (χ1v) is 7.85. The second kappa shape index (κ2) is 6.90. The van der Waals surface area contributed by atoms with Gasteiger partial charge in [0.15, 0.2) is 0 Å². The molecule has 0 saturated heterocycles. The number of hydrogen-bond donors (Lipinski definition) is 1. The lowest BCUT2D eigenvalue weighted by Crippen LogP contribution is -2.53. The van der Waals surface area contributed by atoms with Gasteiger partial charge in [0.05, 0.1) is 12.0 Å². The Morgan fingerprint density at radius 1 is 1.32 bits per heavy atom. The highest BCUT2D eigenvalue weighted by molar-refractivity contribution is 5.92. The lowest BCUT2D eigenvalue weighted by molar-refractivity contribution is -0.143. The Balaban J connectivity index is 2.22. The number of hydrogen-bond acceptors (Lipinski definition) is 2. The molecule has 4 nitrogen and oxygen atoms in total. The molecular formula is C17H23FN2O2. The molecule has 2 amide bonds. The lowest BCUT2D eigenvalue weighted by atomic mass is 9.63. The van der Waals surface area contributed by atoms with Crippen LogP contribution < -0.4 is 5.32 Å². The average molecular weight is 306 g/mol. The predicted octanol–water partition coefficient (Wildman–Crippen LogP) is 2.23. The van der Waals surface area contributed by atoms with Crippen LogP contribution in [-0.4, -0.2) is 36.3 Å². The van der Waals surface area contributed by atoms with E-state index < -0.39 is 5.41 Å². The summed E-state index contributed by atoms with van der Waals surface area (Å²) in [5.41, 5.74) is 0.0584. The normalized spacial score (nSPS) is 15.8. The number of carbonyl (C=O) groups is 2. The molecular weight excluding hydrogens is 283 g/mol. The van der Waals surface area contributed by atoms with Gasteiger partial charge >= 0.3 is 0 Å². The summed E-state index contributed by atoms with van der Waals surface area (Å²) >= 11 is 0. The van der Waals surface area contributed by atoms with Gasteiger partial charge in [0, 0.05) is 13.1 Å². The van der Waals surface area contributed by atoms with Crippen LogP contribution in [0.1, 0.15) is 38.7 Å². The first-order valence-electron chi connectivity index (χ1n) is 7.85. The van der Waals surface area contributed by atoms with E-state index in [9.17, 15) is 14.0 Å². The quantitative estimate of drug-likeness (QED) is 0.876. The number of nitrogens with zero attached hydrogens (tertiary/aromatic N) is 1. The molecule has 1 fully saturated rings. The number of likely N-dealkylation sites (N-methyl/N-ethyl adjacent to an activating group) is 2. The third kappa shape index (κ3) is 3.13. The number of carbonyl (C=O) groups excluding carboxylic acids is 2. The fourth-order valence-electron chi connectivity index (χ4n) is 3.00. The number of amides is 2. The molecule has 5 heteroatoms. The molecule has 0 aromatic heterocycles. The van der Waals surface area contributed by atoms with Gasteiger partial charge in [-0.05, 0) is 44.4 Å². The summed E-state index contributed by atoms with van der Waals surface area (Å²) in [6.45, 7) is 4.76. The topological polar surface area (TPSA) is 49.4 Å². The van der Waals surface area contributed by atoms with E-state index in [-0.39, 0.29) is 24.2 Å². The van der Waals surface area contributed by atoms with E-state index >= 15 is 0 Å². The van der Waals surface area contributed by atoms with E-state index in [4.69, 9.17) is 0 Å².